The van der Waals surface area contributed by atoms with E-state index in [1.165, 1.54) is 24.6 Å². The smallest absolute Gasteiger partial charge is 0.261 e. The van der Waals surface area contributed by atoms with Gasteiger partial charge in [0.15, 0.2) is 0 Å². The summed E-state index contributed by atoms with van der Waals surface area (Å²) in [6.45, 7) is 0. The molecule has 31 heavy (non-hydrogen) atoms. The van der Waals surface area contributed by atoms with Crippen molar-refractivity contribution in [2.45, 2.75) is 46.5 Å². The van der Waals surface area contributed by atoms with E-state index < -0.39 is 10.0 Å². The summed E-state index contributed by atoms with van der Waals surface area (Å²) in [5.41, 5.74) is 1.04. The van der Waals surface area contributed by atoms with Gasteiger partial charge in [-0.25, -0.2) is 13.4 Å². The molecule has 0 unspecified atom stereocenters. The SMILES string of the molecule is O=C(NC1CCCC1)c1ccc(Sc2ccc(NS(=O)(=O)c3ccccc3)cc2)nc1. The van der Waals surface area contributed by atoms with E-state index in [9.17, 15) is 13.2 Å². The van der Waals surface area contributed by atoms with Crippen molar-refractivity contribution in [1.82, 2.24) is 10.3 Å². The summed E-state index contributed by atoms with van der Waals surface area (Å²) in [6.07, 6.45) is 6.03. The topological polar surface area (TPSA) is 88.2 Å². The van der Waals surface area contributed by atoms with Gasteiger partial charge < -0.3 is 5.32 Å². The van der Waals surface area contributed by atoms with Crippen LogP contribution >= 0.6 is 11.8 Å². The Labute approximate surface area is 186 Å². The van der Waals surface area contributed by atoms with Crippen molar-refractivity contribution in [3.8, 4) is 0 Å². The van der Waals surface area contributed by atoms with Crippen LogP contribution in [-0.4, -0.2) is 25.4 Å². The molecule has 2 aromatic carbocycles. The van der Waals surface area contributed by atoms with Crippen LogP contribution in [-0.2, 0) is 10.0 Å². The minimum atomic E-state index is -3.61. The molecule has 0 saturated heterocycles. The molecule has 0 atom stereocenters. The monoisotopic (exact) mass is 453 g/mol. The van der Waals surface area contributed by atoms with Gasteiger partial charge in [0.1, 0.15) is 5.03 Å². The molecule has 0 spiro atoms. The summed E-state index contributed by atoms with van der Waals surface area (Å²) in [5, 5.41) is 3.82. The van der Waals surface area contributed by atoms with Crippen LogP contribution in [0.1, 0.15) is 36.0 Å². The third kappa shape index (κ3) is 5.65. The lowest BCUT2D eigenvalue weighted by Gasteiger charge is -2.11. The maximum atomic E-state index is 12.4. The van der Waals surface area contributed by atoms with E-state index in [4.69, 9.17) is 0 Å². The van der Waals surface area contributed by atoms with Crippen LogP contribution in [0.4, 0.5) is 5.69 Å². The van der Waals surface area contributed by atoms with Crippen LogP contribution in [0.25, 0.3) is 0 Å². The number of anilines is 1. The third-order valence-electron chi connectivity index (χ3n) is 5.07. The normalized spacial score (nSPS) is 14.3. The van der Waals surface area contributed by atoms with Gasteiger partial charge in [0, 0.05) is 22.8 Å². The molecule has 1 saturated carbocycles. The zero-order chi connectivity index (χ0) is 21.7. The van der Waals surface area contributed by atoms with Crippen LogP contribution in [0.2, 0.25) is 0 Å². The van der Waals surface area contributed by atoms with Crippen LogP contribution in [0, 0.1) is 0 Å². The summed E-state index contributed by atoms with van der Waals surface area (Å²) in [5.74, 6) is -0.0778. The van der Waals surface area contributed by atoms with Crippen LogP contribution < -0.4 is 10.0 Å². The molecule has 1 heterocycles. The Morgan fingerprint density at radius 3 is 2.29 bits per heavy atom. The first-order valence-electron chi connectivity index (χ1n) is 10.1. The Bertz CT molecular complexity index is 1130. The molecule has 1 aromatic heterocycles. The molecule has 0 radical (unpaired) electrons. The number of amides is 1. The fourth-order valence-electron chi connectivity index (χ4n) is 3.44. The predicted octanol–water partition coefficient (Wildman–Crippen LogP) is 4.71. The van der Waals surface area contributed by atoms with Crippen molar-refractivity contribution < 1.29 is 13.2 Å². The van der Waals surface area contributed by atoms with Gasteiger partial charge in [-0.15, -0.1) is 0 Å². The van der Waals surface area contributed by atoms with Crippen molar-refractivity contribution in [3.63, 3.8) is 0 Å². The number of pyridine rings is 1. The number of rotatable bonds is 7. The number of carbonyl (C=O) groups is 1. The Morgan fingerprint density at radius 2 is 1.65 bits per heavy atom. The number of hydrogen-bond donors (Lipinski definition) is 2. The number of carbonyl (C=O) groups excluding carboxylic acids is 1. The molecule has 8 heteroatoms. The number of sulfonamides is 1. The molecular weight excluding hydrogens is 430 g/mol. The van der Waals surface area contributed by atoms with Gasteiger partial charge in [-0.1, -0.05) is 42.8 Å². The molecule has 6 nitrogen and oxygen atoms in total. The average molecular weight is 454 g/mol. The molecule has 1 fully saturated rings. The first kappa shape index (κ1) is 21.4. The first-order valence-corrected chi connectivity index (χ1v) is 12.4. The molecule has 2 N–H and O–H groups in total. The number of aromatic nitrogens is 1. The molecule has 1 amide bonds. The minimum absolute atomic E-state index is 0.0778. The van der Waals surface area contributed by atoms with Gasteiger partial charge in [0.25, 0.3) is 15.9 Å². The highest BCUT2D eigenvalue weighted by atomic mass is 32.2. The number of nitrogens with zero attached hydrogens (tertiary/aromatic N) is 1. The Kier molecular flexibility index (Phi) is 6.58. The van der Waals surface area contributed by atoms with Crippen molar-refractivity contribution in [2.24, 2.45) is 0 Å². The summed E-state index contributed by atoms with van der Waals surface area (Å²) in [4.78, 5) is 17.8. The second-order valence-electron chi connectivity index (χ2n) is 7.38. The summed E-state index contributed by atoms with van der Waals surface area (Å²) in [7, 11) is -3.61. The maximum Gasteiger partial charge on any atom is 0.261 e. The lowest BCUT2D eigenvalue weighted by Crippen LogP contribution is -2.32. The highest BCUT2D eigenvalue weighted by molar-refractivity contribution is 7.99. The average Bonchev–Trinajstić information content (AvgIpc) is 3.29. The molecule has 0 aliphatic heterocycles. The van der Waals surface area contributed by atoms with E-state index in [0.717, 1.165) is 22.8 Å². The summed E-state index contributed by atoms with van der Waals surface area (Å²) >= 11 is 1.44. The number of nitrogens with one attached hydrogen (secondary N) is 2. The maximum absolute atomic E-state index is 12.4. The molecule has 0 bridgehead atoms. The summed E-state index contributed by atoms with van der Waals surface area (Å²) in [6, 6.07) is 19.2. The lowest BCUT2D eigenvalue weighted by molar-refractivity contribution is 0.0937. The van der Waals surface area contributed by atoms with Crippen molar-refractivity contribution in [3.05, 3.63) is 78.5 Å². The molecule has 160 valence electrons. The van der Waals surface area contributed by atoms with Crippen molar-refractivity contribution >= 4 is 33.4 Å². The van der Waals surface area contributed by atoms with Gasteiger partial charge in [0.2, 0.25) is 0 Å². The highest BCUT2D eigenvalue weighted by Gasteiger charge is 2.18. The Morgan fingerprint density at radius 1 is 0.935 bits per heavy atom. The fourth-order valence-corrected chi connectivity index (χ4v) is 5.27. The third-order valence-corrected chi connectivity index (χ3v) is 7.43. The quantitative estimate of drug-likeness (QED) is 0.541. The van der Waals surface area contributed by atoms with Gasteiger partial charge in [0.05, 0.1) is 10.5 Å². The minimum Gasteiger partial charge on any atom is -0.349 e. The second-order valence-corrected chi connectivity index (χ2v) is 10.2. The molecule has 1 aliphatic carbocycles. The fraction of sp³-hybridized carbons (Fsp3) is 0.217. The highest BCUT2D eigenvalue weighted by Crippen LogP contribution is 2.28. The van der Waals surface area contributed by atoms with Crippen LogP contribution in [0.5, 0.6) is 0 Å². The van der Waals surface area contributed by atoms with E-state index in [1.807, 2.05) is 18.2 Å². The largest absolute Gasteiger partial charge is 0.349 e. The molecule has 3 aromatic rings. The zero-order valence-electron chi connectivity index (χ0n) is 16.8. The van der Waals surface area contributed by atoms with Crippen molar-refractivity contribution in [1.29, 1.82) is 0 Å². The molecule has 4 rings (SSSR count). The number of benzene rings is 2. The Balaban J connectivity index is 1.36. The van der Waals surface area contributed by atoms with E-state index in [0.29, 0.717) is 11.3 Å². The van der Waals surface area contributed by atoms with E-state index in [2.05, 4.69) is 15.0 Å². The second kappa shape index (κ2) is 9.53. The Hall–Kier alpha value is -2.84. The van der Waals surface area contributed by atoms with Gasteiger partial charge in [-0.3, -0.25) is 9.52 Å². The molecular formula is C23H23N3O3S2. The molecule has 1 aliphatic rings. The predicted molar refractivity (Wildman–Crippen MR) is 122 cm³/mol. The lowest BCUT2D eigenvalue weighted by atomic mass is 10.2. The van der Waals surface area contributed by atoms with Crippen LogP contribution in [0.3, 0.4) is 0 Å². The van der Waals surface area contributed by atoms with E-state index in [-0.39, 0.29) is 16.8 Å². The van der Waals surface area contributed by atoms with Gasteiger partial charge in [-0.2, -0.15) is 0 Å². The summed E-state index contributed by atoms with van der Waals surface area (Å²) < 4.78 is 27.4. The first-order chi connectivity index (χ1) is 15.0. The standard InChI is InChI=1S/C23H23N3O3S2/c27-23(25-18-6-4-5-7-18)17-10-15-22(24-16-17)30-20-13-11-19(12-14-20)26-31(28,29)21-8-2-1-3-9-21/h1-3,8-16,18,26H,4-7H2,(H,25,27). The van der Waals surface area contributed by atoms with Gasteiger partial charge >= 0.3 is 0 Å². The number of hydrogen-bond acceptors (Lipinski definition) is 5. The van der Waals surface area contributed by atoms with Crippen LogP contribution in [0.15, 0.2) is 87.7 Å². The van der Waals surface area contributed by atoms with Crippen molar-refractivity contribution in [2.75, 3.05) is 4.72 Å². The van der Waals surface area contributed by atoms with E-state index >= 15 is 0 Å². The zero-order valence-corrected chi connectivity index (χ0v) is 18.5. The van der Waals surface area contributed by atoms with E-state index in [1.54, 1.807) is 54.7 Å². The van der Waals surface area contributed by atoms with Gasteiger partial charge in [-0.05, 0) is 61.4 Å².